The molecule has 33 heavy (non-hydrogen) atoms. The molecule has 2 aromatic heterocycles. The van der Waals surface area contributed by atoms with E-state index < -0.39 is 8.07 Å². The van der Waals surface area contributed by atoms with Crippen LogP contribution in [0.4, 0.5) is 0 Å². The number of hydrogen-bond donors (Lipinski definition) is 0. The van der Waals surface area contributed by atoms with Crippen molar-refractivity contribution in [1.82, 2.24) is 9.97 Å². The molecule has 0 bridgehead atoms. The van der Waals surface area contributed by atoms with Crippen molar-refractivity contribution in [2.24, 2.45) is 0 Å². The summed E-state index contributed by atoms with van der Waals surface area (Å²) in [6.07, 6.45) is 2.09. The van der Waals surface area contributed by atoms with Crippen LogP contribution in [0.5, 0.6) is 11.6 Å². The molecule has 0 aliphatic carbocycles. The molecule has 0 saturated carbocycles. The zero-order valence-corrected chi connectivity index (χ0v) is 19.2. The molecule has 0 saturated heterocycles. The van der Waals surface area contributed by atoms with Crippen LogP contribution in [0.15, 0.2) is 115 Å². The van der Waals surface area contributed by atoms with E-state index in [0.29, 0.717) is 11.6 Å². The summed E-state index contributed by atoms with van der Waals surface area (Å²) in [7, 11) is -2.22. The molecule has 5 aromatic rings. The quantitative estimate of drug-likeness (QED) is 0.366. The van der Waals surface area contributed by atoms with E-state index >= 15 is 0 Å². The van der Waals surface area contributed by atoms with Gasteiger partial charge in [-0.2, -0.15) is 0 Å². The van der Waals surface area contributed by atoms with E-state index in [1.165, 1.54) is 26.8 Å². The number of aromatic nitrogens is 2. The molecule has 1 atom stereocenters. The lowest BCUT2D eigenvalue weighted by molar-refractivity contribution is 0.463. The Labute approximate surface area is 195 Å². The first-order chi connectivity index (χ1) is 16.6. The third-order valence-electron chi connectivity index (χ3n) is 6.47. The topological polar surface area (TPSA) is 35.0 Å². The molecular formula is C29H22N2OSi. The van der Waals surface area contributed by atoms with E-state index in [4.69, 9.17) is 11.1 Å². The molecule has 0 spiro atoms. The van der Waals surface area contributed by atoms with Crippen LogP contribution in [0.2, 0.25) is 6.55 Å². The Morgan fingerprint density at radius 3 is 2.39 bits per heavy atom. The van der Waals surface area contributed by atoms with Crippen LogP contribution in [-0.2, 0) is 0 Å². The Hall–Kier alpha value is -4.02. The summed E-state index contributed by atoms with van der Waals surface area (Å²) >= 11 is 0. The second-order valence-electron chi connectivity index (χ2n) is 8.38. The Kier molecular flexibility index (Phi) is 4.40. The van der Waals surface area contributed by atoms with Gasteiger partial charge in [-0.1, -0.05) is 73.3 Å². The van der Waals surface area contributed by atoms with Gasteiger partial charge < -0.3 is 4.74 Å². The second kappa shape index (κ2) is 7.83. The molecule has 0 amide bonds. The van der Waals surface area contributed by atoms with Crippen molar-refractivity contribution in [2.75, 3.05) is 0 Å². The highest BCUT2D eigenvalue weighted by molar-refractivity contribution is 7.13. The summed E-state index contributed by atoms with van der Waals surface area (Å²) in [4.78, 5) is 8.96. The lowest BCUT2D eigenvalue weighted by Gasteiger charge is -2.24. The summed E-state index contributed by atoms with van der Waals surface area (Å²) in [5, 5.41) is 3.98. The Morgan fingerprint density at radius 2 is 1.52 bits per heavy atom. The maximum absolute atomic E-state index is 7.72. The van der Waals surface area contributed by atoms with Gasteiger partial charge >= 0.3 is 0 Å². The number of ether oxygens (including phenoxy) is 1. The number of rotatable bonds is 4. The molecule has 1 aliphatic heterocycles. The van der Waals surface area contributed by atoms with Crippen LogP contribution in [-0.4, -0.2) is 18.0 Å². The fourth-order valence-corrected chi connectivity index (χ4v) is 8.83. The van der Waals surface area contributed by atoms with Crippen LogP contribution < -0.4 is 20.4 Å². The largest absolute Gasteiger partial charge is 0.439 e. The van der Waals surface area contributed by atoms with E-state index in [2.05, 4.69) is 72.2 Å². The zero-order valence-electron chi connectivity index (χ0n) is 19.2. The van der Waals surface area contributed by atoms with Gasteiger partial charge in [0.15, 0.2) is 8.07 Å². The number of nitrogens with zero attached hydrogens (tertiary/aromatic N) is 2. The Bertz CT molecular complexity index is 1520. The average molecular weight is 444 g/mol. The van der Waals surface area contributed by atoms with Crippen LogP contribution in [0.1, 0.15) is 1.37 Å². The van der Waals surface area contributed by atoms with Crippen molar-refractivity contribution in [3.8, 4) is 33.9 Å². The normalized spacial score (nSPS) is 16.6. The minimum Gasteiger partial charge on any atom is -0.439 e. The van der Waals surface area contributed by atoms with Crippen molar-refractivity contribution in [3.63, 3.8) is 0 Å². The van der Waals surface area contributed by atoms with Gasteiger partial charge in [-0.05, 0) is 63.0 Å². The smallest absolute Gasteiger partial charge is 0.219 e. The fraction of sp³-hybridized carbons (Fsp3) is 0.0345. The lowest BCUT2D eigenvalue weighted by atomic mass is 10.0. The third kappa shape index (κ3) is 3.27. The van der Waals surface area contributed by atoms with Crippen LogP contribution in [0.25, 0.3) is 22.3 Å². The third-order valence-corrected chi connectivity index (χ3v) is 10.8. The maximum Gasteiger partial charge on any atom is 0.219 e. The van der Waals surface area contributed by atoms with E-state index in [1.54, 1.807) is 18.2 Å². The summed E-state index contributed by atoms with van der Waals surface area (Å²) in [6.45, 7) is 2.41. The van der Waals surface area contributed by atoms with Gasteiger partial charge in [-0.25, -0.2) is 4.98 Å². The highest BCUT2D eigenvalue weighted by Crippen LogP contribution is 2.32. The van der Waals surface area contributed by atoms with Crippen molar-refractivity contribution in [1.29, 1.82) is 0 Å². The molecule has 158 valence electrons. The summed E-state index contributed by atoms with van der Waals surface area (Å²) in [5.74, 6) is 1.12. The predicted octanol–water partition coefficient (Wildman–Crippen LogP) is 5.02. The maximum atomic E-state index is 7.72. The van der Waals surface area contributed by atoms with Crippen LogP contribution >= 0.6 is 0 Å². The Morgan fingerprint density at radius 1 is 0.697 bits per heavy atom. The zero-order chi connectivity index (χ0) is 23.1. The summed E-state index contributed by atoms with van der Waals surface area (Å²) < 4.78 is 13.7. The highest BCUT2D eigenvalue weighted by atomic mass is 28.3. The minimum atomic E-state index is -2.22. The SMILES string of the molecule is [2H]c1cccc(Oc2cccc(-c3ccc4c(c3)[Si](C)(c3ccccn3)c3ccccc3-4)c2)n1. The van der Waals surface area contributed by atoms with Gasteiger partial charge in [0.25, 0.3) is 0 Å². The lowest BCUT2D eigenvalue weighted by Crippen LogP contribution is -2.63. The first kappa shape index (κ1) is 18.5. The highest BCUT2D eigenvalue weighted by Gasteiger charge is 2.44. The standard InChI is InChI=1S/C29H22N2OSi/c1-33(29-14-5-7-18-31-29)26-12-3-2-11-24(26)25-16-15-22(20-27(25)33)21-9-8-10-23(19-21)32-28-13-4-6-17-30-28/h2-20H,1H3/i17D. The van der Waals surface area contributed by atoms with Gasteiger partial charge in [0.05, 0.1) is 1.37 Å². The summed E-state index contributed by atoms with van der Waals surface area (Å²) in [6, 6.07) is 35.0. The molecule has 3 nitrogen and oxygen atoms in total. The molecule has 0 fully saturated rings. The molecular weight excluding hydrogens is 420 g/mol. The van der Waals surface area contributed by atoms with E-state index in [-0.39, 0.29) is 6.17 Å². The molecule has 0 N–H and O–H groups in total. The Balaban J connectivity index is 1.45. The first-order valence-electron chi connectivity index (χ1n) is 11.5. The molecule has 3 heterocycles. The van der Waals surface area contributed by atoms with Gasteiger partial charge in [0.1, 0.15) is 5.75 Å². The average Bonchev–Trinajstić information content (AvgIpc) is 3.14. The molecule has 1 aliphatic rings. The predicted molar refractivity (Wildman–Crippen MR) is 136 cm³/mol. The molecule has 4 heteroatoms. The summed E-state index contributed by atoms with van der Waals surface area (Å²) in [5.41, 5.74) is 4.86. The van der Waals surface area contributed by atoms with E-state index in [0.717, 1.165) is 11.1 Å². The monoisotopic (exact) mass is 443 g/mol. The van der Waals surface area contributed by atoms with Crippen molar-refractivity contribution in [2.45, 2.75) is 6.55 Å². The molecule has 0 radical (unpaired) electrons. The van der Waals surface area contributed by atoms with Crippen molar-refractivity contribution in [3.05, 3.63) is 115 Å². The molecule has 3 aromatic carbocycles. The fourth-order valence-electron chi connectivity index (χ4n) is 4.83. The van der Waals surface area contributed by atoms with Crippen molar-refractivity contribution < 1.29 is 6.11 Å². The number of fused-ring (bicyclic) bond motifs is 3. The molecule has 1 unspecified atom stereocenters. The van der Waals surface area contributed by atoms with Gasteiger partial charge in [0, 0.05) is 23.8 Å². The van der Waals surface area contributed by atoms with Crippen molar-refractivity contribution >= 4 is 23.8 Å². The minimum absolute atomic E-state index is 0.186. The van der Waals surface area contributed by atoms with Crippen LogP contribution in [0.3, 0.4) is 0 Å². The van der Waals surface area contributed by atoms with Gasteiger partial charge in [-0.15, -0.1) is 0 Å². The number of pyridine rings is 2. The van der Waals surface area contributed by atoms with E-state index in [9.17, 15) is 0 Å². The van der Waals surface area contributed by atoms with Gasteiger partial charge in [-0.3, -0.25) is 4.98 Å². The van der Waals surface area contributed by atoms with E-state index in [1.807, 2.05) is 30.5 Å². The molecule has 6 rings (SSSR count). The number of hydrogen-bond acceptors (Lipinski definition) is 3. The van der Waals surface area contributed by atoms with Gasteiger partial charge in [0.2, 0.25) is 5.88 Å². The second-order valence-corrected chi connectivity index (χ2v) is 12.2. The number of benzene rings is 3. The van der Waals surface area contributed by atoms with Crippen LogP contribution in [0, 0.1) is 0 Å². The first-order valence-corrected chi connectivity index (χ1v) is 13.5.